The third kappa shape index (κ3) is 7.81. The Hall–Kier alpha value is -1.56. The Bertz CT molecular complexity index is 591. The van der Waals surface area contributed by atoms with Crippen molar-refractivity contribution in [3.63, 3.8) is 0 Å². The van der Waals surface area contributed by atoms with Crippen molar-refractivity contribution < 1.29 is 23.9 Å². The normalized spacial score (nSPS) is 14.8. The van der Waals surface area contributed by atoms with Gasteiger partial charge in [-0.25, -0.2) is 4.79 Å². The van der Waals surface area contributed by atoms with Gasteiger partial charge in [0, 0.05) is 11.7 Å². The average Bonchev–Trinajstić information content (AvgIpc) is 2.37. The van der Waals surface area contributed by atoms with Crippen molar-refractivity contribution in [2.24, 2.45) is 0 Å². The number of nitrogens with one attached hydrogen (secondary N) is 1. The van der Waals surface area contributed by atoms with Crippen molar-refractivity contribution in [1.29, 1.82) is 0 Å². The molecule has 0 unspecified atom stereocenters. The number of hydrogen-bond donors (Lipinski definition) is 4. The van der Waals surface area contributed by atoms with Crippen molar-refractivity contribution in [2.45, 2.75) is 57.8 Å². The Morgan fingerprint density at radius 3 is 2.29 bits per heavy atom. The number of amides is 1. The van der Waals surface area contributed by atoms with Crippen LogP contribution in [0, 0.1) is 0 Å². The van der Waals surface area contributed by atoms with Crippen LogP contribution >= 0.6 is 7.60 Å². The number of anilines is 1. The molecule has 0 aliphatic rings. The van der Waals surface area contributed by atoms with Crippen molar-refractivity contribution in [3.05, 3.63) is 29.8 Å². The van der Waals surface area contributed by atoms with Gasteiger partial charge in [0.2, 0.25) is 0 Å². The highest BCUT2D eigenvalue weighted by Crippen LogP contribution is 2.43. The van der Waals surface area contributed by atoms with Crippen LogP contribution in [0.25, 0.3) is 0 Å². The first-order valence-corrected chi connectivity index (χ1v) is 9.44. The lowest BCUT2D eigenvalue weighted by Crippen LogP contribution is -2.41. The molecule has 1 rings (SSSR count). The molecule has 2 atom stereocenters. The summed E-state index contributed by atoms with van der Waals surface area (Å²) in [7, 11) is -4.22. The fourth-order valence-electron chi connectivity index (χ4n) is 2.15. The van der Waals surface area contributed by atoms with Gasteiger partial charge in [-0.05, 0) is 51.3 Å². The van der Waals surface area contributed by atoms with E-state index in [9.17, 15) is 19.1 Å². The second-order valence-electron chi connectivity index (χ2n) is 6.96. The van der Waals surface area contributed by atoms with Crippen LogP contribution in [-0.4, -0.2) is 33.2 Å². The molecule has 1 aromatic carbocycles. The third-order valence-corrected chi connectivity index (χ3v) is 4.74. The van der Waals surface area contributed by atoms with Crippen LogP contribution in [-0.2, 0) is 15.7 Å². The van der Waals surface area contributed by atoms with Crippen LogP contribution in [0.5, 0.6) is 0 Å². The molecule has 1 amide bonds. The molecule has 0 saturated heterocycles. The maximum Gasteiger partial charge on any atom is 0.407 e. The van der Waals surface area contributed by atoms with E-state index in [1.807, 2.05) is 12.1 Å². The molecule has 0 aliphatic heterocycles. The SMILES string of the molecule is C[C@H](C[C@H](Cc1ccc(N)cc1)NC(=O)OC(C)(C)C)P(=O)(O)O. The third-order valence-electron chi connectivity index (χ3n) is 3.38. The molecule has 0 spiro atoms. The lowest BCUT2D eigenvalue weighted by molar-refractivity contribution is 0.0501. The second-order valence-corrected chi connectivity index (χ2v) is 9.02. The summed E-state index contributed by atoms with van der Waals surface area (Å²) in [4.78, 5) is 30.6. The second kappa shape index (κ2) is 8.01. The van der Waals surface area contributed by atoms with Gasteiger partial charge in [-0.2, -0.15) is 0 Å². The van der Waals surface area contributed by atoms with Crippen LogP contribution in [0.3, 0.4) is 0 Å². The van der Waals surface area contributed by atoms with Crippen molar-refractivity contribution >= 4 is 19.4 Å². The molecule has 0 aromatic heterocycles. The molecular weight excluding hydrogens is 331 g/mol. The summed E-state index contributed by atoms with van der Waals surface area (Å²) in [6.07, 6.45) is -0.0570. The lowest BCUT2D eigenvalue weighted by atomic mass is 10.0. The Balaban J connectivity index is 2.84. The molecule has 0 fully saturated rings. The number of carbonyl (C=O) groups is 1. The minimum Gasteiger partial charge on any atom is -0.444 e. The molecule has 24 heavy (non-hydrogen) atoms. The number of benzene rings is 1. The van der Waals surface area contributed by atoms with E-state index in [-0.39, 0.29) is 6.42 Å². The van der Waals surface area contributed by atoms with Gasteiger partial charge in [0.1, 0.15) is 5.60 Å². The summed E-state index contributed by atoms with van der Waals surface area (Å²) in [6, 6.07) is 6.66. The first-order valence-electron chi connectivity index (χ1n) is 7.76. The maximum absolute atomic E-state index is 12.0. The van der Waals surface area contributed by atoms with E-state index in [0.717, 1.165) is 5.56 Å². The minimum absolute atomic E-state index is 0.133. The molecule has 0 radical (unpaired) electrons. The Labute approximate surface area is 142 Å². The monoisotopic (exact) mass is 358 g/mol. The summed E-state index contributed by atoms with van der Waals surface area (Å²) < 4.78 is 16.6. The van der Waals surface area contributed by atoms with Crippen molar-refractivity contribution in [1.82, 2.24) is 5.32 Å². The Morgan fingerprint density at radius 2 is 1.83 bits per heavy atom. The molecule has 0 aliphatic carbocycles. The highest BCUT2D eigenvalue weighted by Gasteiger charge is 2.29. The van der Waals surface area contributed by atoms with E-state index in [1.54, 1.807) is 32.9 Å². The molecule has 1 aromatic rings. The van der Waals surface area contributed by atoms with Crippen LogP contribution in [0.4, 0.5) is 10.5 Å². The zero-order chi connectivity index (χ0) is 18.5. The van der Waals surface area contributed by atoms with E-state index in [4.69, 9.17) is 10.5 Å². The Kier molecular flexibility index (Phi) is 6.84. The highest BCUT2D eigenvalue weighted by molar-refractivity contribution is 7.52. The van der Waals surface area contributed by atoms with E-state index < -0.39 is 31.0 Å². The number of hydrogen-bond acceptors (Lipinski definition) is 4. The molecule has 0 saturated carbocycles. The summed E-state index contributed by atoms with van der Waals surface area (Å²) in [5, 5.41) is 2.70. The molecule has 0 bridgehead atoms. The van der Waals surface area contributed by atoms with Crippen molar-refractivity contribution in [3.8, 4) is 0 Å². The number of carbonyl (C=O) groups excluding carboxylic acids is 1. The first-order chi connectivity index (χ1) is 10.9. The van der Waals surface area contributed by atoms with Gasteiger partial charge >= 0.3 is 13.7 Å². The predicted molar refractivity (Wildman–Crippen MR) is 93.8 cm³/mol. The standard InChI is InChI=1S/C16H27N2O5P/c1-11(24(20,21)22)9-14(18-15(19)23-16(2,3)4)10-12-5-7-13(17)8-6-12/h5-8,11,14H,9-10,17H2,1-4H3,(H,18,19)(H2,20,21,22)/t11-,14-/m1/s1. The summed E-state index contributed by atoms with van der Waals surface area (Å²) in [5.74, 6) is 0. The summed E-state index contributed by atoms with van der Waals surface area (Å²) in [6.45, 7) is 6.72. The molecule has 136 valence electrons. The van der Waals surface area contributed by atoms with Gasteiger partial charge in [0.15, 0.2) is 0 Å². The van der Waals surface area contributed by atoms with E-state index >= 15 is 0 Å². The quantitative estimate of drug-likeness (QED) is 0.458. The molecular formula is C16H27N2O5P. The fraction of sp³-hybridized carbons (Fsp3) is 0.562. The zero-order valence-corrected chi connectivity index (χ0v) is 15.4. The lowest BCUT2D eigenvalue weighted by Gasteiger charge is -2.26. The average molecular weight is 358 g/mol. The number of ether oxygens (including phenoxy) is 1. The predicted octanol–water partition coefficient (Wildman–Crippen LogP) is 2.66. The van der Waals surface area contributed by atoms with Gasteiger partial charge in [-0.1, -0.05) is 19.1 Å². The first kappa shape index (κ1) is 20.5. The number of rotatable bonds is 6. The van der Waals surface area contributed by atoms with Gasteiger partial charge < -0.3 is 25.6 Å². The number of nitrogen functional groups attached to an aromatic ring is 1. The molecule has 7 nitrogen and oxygen atoms in total. The smallest absolute Gasteiger partial charge is 0.407 e. The number of nitrogens with two attached hydrogens (primary N) is 1. The van der Waals surface area contributed by atoms with Gasteiger partial charge in [-0.15, -0.1) is 0 Å². The van der Waals surface area contributed by atoms with Crippen molar-refractivity contribution in [2.75, 3.05) is 5.73 Å². The Morgan fingerprint density at radius 1 is 1.29 bits per heavy atom. The van der Waals surface area contributed by atoms with E-state index in [2.05, 4.69) is 5.32 Å². The summed E-state index contributed by atoms with van der Waals surface area (Å²) >= 11 is 0. The maximum atomic E-state index is 12.0. The van der Waals surface area contributed by atoms with Gasteiger partial charge in [0.25, 0.3) is 0 Å². The topological polar surface area (TPSA) is 122 Å². The largest absolute Gasteiger partial charge is 0.444 e. The zero-order valence-electron chi connectivity index (χ0n) is 14.5. The van der Waals surface area contributed by atoms with E-state index in [1.165, 1.54) is 6.92 Å². The van der Waals surface area contributed by atoms with Crippen LogP contribution < -0.4 is 11.1 Å². The highest BCUT2D eigenvalue weighted by atomic mass is 31.2. The van der Waals surface area contributed by atoms with Gasteiger partial charge in [-0.3, -0.25) is 4.57 Å². The molecule has 5 N–H and O–H groups in total. The van der Waals surface area contributed by atoms with Crippen LogP contribution in [0.2, 0.25) is 0 Å². The minimum atomic E-state index is -4.22. The molecule has 0 heterocycles. The van der Waals surface area contributed by atoms with E-state index in [0.29, 0.717) is 12.1 Å². The molecule has 8 heteroatoms. The van der Waals surface area contributed by atoms with Gasteiger partial charge in [0.05, 0.1) is 5.66 Å². The number of alkyl carbamates (subject to hydrolysis) is 1. The van der Waals surface area contributed by atoms with Crippen LogP contribution in [0.15, 0.2) is 24.3 Å². The summed E-state index contributed by atoms with van der Waals surface area (Å²) in [5.41, 5.74) is 5.67. The fourth-order valence-corrected chi connectivity index (χ4v) is 2.68. The van der Waals surface area contributed by atoms with Crippen LogP contribution in [0.1, 0.15) is 39.7 Å².